The van der Waals surface area contributed by atoms with Crippen molar-refractivity contribution in [2.45, 2.75) is 72.0 Å². The molecule has 0 aliphatic heterocycles. The van der Waals surface area contributed by atoms with Crippen LogP contribution in [0.3, 0.4) is 0 Å². The maximum absolute atomic E-state index is 5.14. The molecule has 0 spiro atoms. The average molecular weight is 402 g/mol. The molecule has 29 heavy (non-hydrogen) atoms. The summed E-state index contributed by atoms with van der Waals surface area (Å²) in [6, 6.07) is 16.3. The van der Waals surface area contributed by atoms with Gasteiger partial charge in [0.05, 0.1) is 19.3 Å². The molecule has 152 valence electrons. The SMILES string of the molecule is Cc1cc(C)cc(-c2cc(C(C)C3CCCC3)c3cc([Si](C)(C)C)ccc3n2)c1. The Morgan fingerprint density at radius 2 is 1.55 bits per heavy atom. The van der Waals surface area contributed by atoms with Gasteiger partial charge in [0.25, 0.3) is 0 Å². The van der Waals surface area contributed by atoms with Crippen LogP contribution in [-0.4, -0.2) is 13.1 Å². The summed E-state index contributed by atoms with van der Waals surface area (Å²) >= 11 is 0. The number of aryl methyl sites for hydroxylation is 2. The molecule has 0 saturated heterocycles. The number of pyridine rings is 1. The van der Waals surface area contributed by atoms with E-state index in [-0.39, 0.29) is 0 Å². The van der Waals surface area contributed by atoms with Crippen LogP contribution in [-0.2, 0) is 0 Å². The van der Waals surface area contributed by atoms with E-state index in [4.69, 9.17) is 4.98 Å². The molecule has 3 aromatic rings. The molecule has 2 aromatic carbocycles. The predicted octanol–water partition coefficient (Wildman–Crippen LogP) is 7.36. The number of hydrogen-bond acceptors (Lipinski definition) is 1. The summed E-state index contributed by atoms with van der Waals surface area (Å²) in [5.41, 5.74) is 7.66. The van der Waals surface area contributed by atoms with Gasteiger partial charge in [-0.3, -0.25) is 0 Å². The third-order valence-corrected chi connectivity index (χ3v) is 8.86. The van der Waals surface area contributed by atoms with Gasteiger partial charge in [-0.15, -0.1) is 0 Å². The second-order valence-electron chi connectivity index (χ2n) is 10.3. The molecule has 0 amide bonds. The number of benzene rings is 2. The minimum absolute atomic E-state index is 0.588. The lowest BCUT2D eigenvalue weighted by atomic mass is 9.84. The van der Waals surface area contributed by atoms with Crippen LogP contribution in [0.4, 0.5) is 0 Å². The summed E-state index contributed by atoms with van der Waals surface area (Å²) in [7, 11) is -1.36. The van der Waals surface area contributed by atoms with Crippen molar-refractivity contribution in [3.05, 3.63) is 59.2 Å². The van der Waals surface area contributed by atoms with Gasteiger partial charge in [-0.25, -0.2) is 4.98 Å². The Balaban J connectivity index is 1.93. The highest BCUT2D eigenvalue weighted by Crippen LogP contribution is 2.40. The number of hydrogen-bond donors (Lipinski definition) is 0. The monoisotopic (exact) mass is 401 g/mol. The van der Waals surface area contributed by atoms with E-state index in [1.54, 1.807) is 0 Å². The predicted molar refractivity (Wildman–Crippen MR) is 130 cm³/mol. The van der Waals surface area contributed by atoms with E-state index in [9.17, 15) is 0 Å². The van der Waals surface area contributed by atoms with Gasteiger partial charge in [-0.2, -0.15) is 0 Å². The van der Waals surface area contributed by atoms with Crippen molar-refractivity contribution in [2.24, 2.45) is 5.92 Å². The minimum atomic E-state index is -1.36. The Hall–Kier alpha value is -1.93. The van der Waals surface area contributed by atoms with Gasteiger partial charge in [0.2, 0.25) is 0 Å². The van der Waals surface area contributed by atoms with Crippen molar-refractivity contribution in [1.29, 1.82) is 0 Å². The fourth-order valence-corrected chi connectivity index (χ4v) is 6.24. The van der Waals surface area contributed by atoms with Crippen LogP contribution in [0, 0.1) is 19.8 Å². The van der Waals surface area contributed by atoms with Crippen molar-refractivity contribution >= 4 is 24.2 Å². The number of fused-ring (bicyclic) bond motifs is 1. The van der Waals surface area contributed by atoms with Crippen LogP contribution in [0.5, 0.6) is 0 Å². The molecule has 1 nitrogen and oxygen atoms in total. The Kier molecular flexibility index (Phi) is 5.41. The first kappa shape index (κ1) is 20.3. The van der Waals surface area contributed by atoms with Crippen LogP contribution >= 0.6 is 0 Å². The van der Waals surface area contributed by atoms with Gasteiger partial charge < -0.3 is 0 Å². The first-order chi connectivity index (χ1) is 13.7. The van der Waals surface area contributed by atoms with Crippen LogP contribution < -0.4 is 5.19 Å². The van der Waals surface area contributed by atoms with Gasteiger partial charge in [0.15, 0.2) is 0 Å². The third-order valence-electron chi connectivity index (χ3n) is 6.82. The highest BCUT2D eigenvalue weighted by molar-refractivity contribution is 6.88. The molecule has 2 heteroatoms. The molecule has 0 N–H and O–H groups in total. The van der Waals surface area contributed by atoms with E-state index >= 15 is 0 Å². The van der Waals surface area contributed by atoms with Gasteiger partial charge in [-0.1, -0.05) is 73.9 Å². The average Bonchev–Trinajstić information content (AvgIpc) is 3.19. The molecule has 1 heterocycles. The minimum Gasteiger partial charge on any atom is -0.248 e. The first-order valence-corrected chi connectivity index (χ1v) is 14.8. The normalized spacial score (nSPS) is 16.5. The van der Waals surface area contributed by atoms with E-state index < -0.39 is 8.07 Å². The Morgan fingerprint density at radius 1 is 0.897 bits per heavy atom. The number of nitrogens with zero attached hydrogens (tertiary/aromatic N) is 1. The van der Waals surface area contributed by atoms with E-state index in [0.29, 0.717) is 5.92 Å². The maximum Gasteiger partial charge on any atom is 0.0776 e. The molecule has 1 atom stereocenters. The van der Waals surface area contributed by atoms with Crippen LogP contribution in [0.15, 0.2) is 42.5 Å². The molecule has 1 aromatic heterocycles. The topological polar surface area (TPSA) is 12.9 Å². The quantitative estimate of drug-likeness (QED) is 0.416. The van der Waals surface area contributed by atoms with E-state index in [0.717, 1.165) is 17.1 Å². The molecule has 0 bridgehead atoms. The second-order valence-corrected chi connectivity index (χ2v) is 15.4. The van der Waals surface area contributed by atoms with Crippen LogP contribution in [0.25, 0.3) is 22.2 Å². The summed E-state index contributed by atoms with van der Waals surface area (Å²) in [6.07, 6.45) is 5.53. The molecular weight excluding hydrogens is 366 g/mol. The molecule has 4 rings (SSSR count). The smallest absolute Gasteiger partial charge is 0.0776 e. The molecule has 1 aliphatic carbocycles. The van der Waals surface area contributed by atoms with Crippen molar-refractivity contribution in [1.82, 2.24) is 4.98 Å². The Morgan fingerprint density at radius 3 is 2.17 bits per heavy atom. The molecule has 1 aliphatic rings. The summed E-state index contributed by atoms with van der Waals surface area (Å²) in [4.78, 5) is 5.14. The zero-order valence-corrected chi connectivity index (χ0v) is 20.0. The van der Waals surface area contributed by atoms with Gasteiger partial charge >= 0.3 is 0 Å². The van der Waals surface area contributed by atoms with Crippen molar-refractivity contribution < 1.29 is 0 Å². The standard InChI is InChI=1S/C27H35NSi/c1-18-13-19(2)15-22(14-18)27-17-24(20(3)21-9-7-8-10-21)25-16-23(29(4,5)6)11-12-26(25)28-27/h11-17,20-21H,7-10H2,1-6H3. The fraction of sp³-hybridized carbons (Fsp3) is 0.444. The molecule has 0 radical (unpaired) electrons. The zero-order chi connectivity index (χ0) is 20.8. The maximum atomic E-state index is 5.14. The summed E-state index contributed by atoms with van der Waals surface area (Å²) in [5.74, 6) is 1.40. The van der Waals surface area contributed by atoms with E-state index in [1.165, 1.54) is 58.5 Å². The Bertz CT molecular complexity index is 1020. The second kappa shape index (κ2) is 7.72. The molecular formula is C27H35NSi. The van der Waals surface area contributed by atoms with Crippen molar-refractivity contribution in [2.75, 3.05) is 0 Å². The zero-order valence-electron chi connectivity index (χ0n) is 19.0. The fourth-order valence-electron chi connectivity index (χ4n) is 5.08. The number of aromatic nitrogens is 1. The molecule has 1 fully saturated rings. The summed E-state index contributed by atoms with van der Waals surface area (Å²) in [6.45, 7) is 14.1. The summed E-state index contributed by atoms with van der Waals surface area (Å²) in [5, 5.41) is 2.92. The highest BCUT2D eigenvalue weighted by atomic mass is 28.3. The molecule has 1 saturated carbocycles. The number of rotatable bonds is 4. The van der Waals surface area contributed by atoms with Crippen molar-refractivity contribution in [3.63, 3.8) is 0 Å². The lowest BCUT2D eigenvalue weighted by molar-refractivity contribution is 0.463. The van der Waals surface area contributed by atoms with Gasteiger partial charge in [0.1, 0.15) is 0 Å². The van der Waals surface area contributed by atoms with Crippen molar-refractivity contribution in [3.8, 4) is 11.3 Å². The van der Waals surface area contributed by atoms with E-state index in [1.807, 2.05) is 0 Å². The first-order valence-electron chi connectivity index (χ1n) is 11.3. The van der Waals surface area contributed by atoms with Crippen LogP contribution in [0.1, 0.15) is 55.2 Å². The highest BCUT2D eigenvalue weighted by Gasteiger charge is 2.26. The summed E-state index contributed by atoms with van der Waals surface area (Å²) < 4.78 is 0. The van der Waals surface area contributed by atoms with Crippen LogP contribution in [0.2, 0.25) is 19.6 Å². The Labute approximate surface area is 177 Å². The third kappa shape index (κ3) is 4.18. The lowest BCUT2D eigenvalue weighted by Crippen LogP contribution is -2.37. The molecule has 1 unspecified atom stereocenters. The van der Waals surface area contributed by atoms with E-state index in [2.05, 4.69) is 82.9 Å². The lowest BCUT2D eigenvalue weighted by Gasteiger charge is -2.24. The largest absolute Gasteiger partial charge is 0.248 e. The van der Waals surface area contributed by atoms with Gasteiger partial charge in [0, 0.05) is 10.9 Å². The van der Waals surface area contributed by atoms with Gasteiger partial charge in [-0.05, 0) is 68.4 Å².